The van der Waals surface area contributed by atoms with Crippen LogP contribution in [0.5, 0.6) is 5.75 Å². The zero-order chi connectivity index (χ0) is 22.5. The number of amides is 2. The van der Waals surface area contributed by atoms with Gasteiger partial charge in [0.05, 0.1) is 6.42 Å². The summed E-state index contributed by atoms with van der Waals surface area (Å²) in [5.74, 6) is 0.392. The summed E-state index contributed by atoms with van der Waals surface area (Å²) in [5, 5.41) is 2.78. The maximum atomic E-state index is 12.5. The Hall–Kier alpha value is -3.93. The molecule has 1 N–H and O–H groups in total. The maximum Gasteiger partial charge on any atom is 0.251 e. The van der Waals surface area contributed by atoms with Gasteiger partial charge in [-0.15, -0.1) is 0 Å². The maximum absolute atomic E-state index is 12.5. The summed E-state index contributed by atoms with van der Waals surface area (Å²) in [4.78, 5) is 38.3. The van der Waals surface area contributed by atoms with E-state index in [0.29, 0.717) is 29.9 Å². The van der Waals surface area contributed by atoms with Crippen LogP contribution in [0.25, 0.3) is 0 Å². The number of hydrogen-bond acceptors (Lipinski definition) is 4. The highest BCUT2D eigenvalue weighted by Crippen LogP contribution is 2.28. The first-order chi connectivity index (χ1) is 15.5. The number of ketones is 1. The highest BCUT2D eigenvalue weighted by Gasteiger charge is 2.24. The van der Waals surface area contributed by atoms with Gasteiger partial charge in [0.15, 0.2) is 5.78 Å². The summed E-state index contributed by atoms with van der Waals surface area (Å²) in [6.45, 7) is 0.696. The van der Waals surface area contributed by atoms with Crippen molar-refractivity contribution >= 4 is 23.3 Å². The summed E-state index contributed by atoms with van der Waals surface area (Å²) in [6.07, 6.45) is 0.501. The molecule has 1 aliphatic heterocycles. The standard InChI is InChI=1S/C26H24N2O4/c1-28-23-12-9-20(15-21(23)16-25(28)30)24(29)13-14-27-26(31)19-7-10-22(11-8-19)32-17-18-5-3-2-4-6-18/h2-12,15H,13-14,16-17H2,1H3,(H,27,31). The van der Waals surface area contributed by atoms with Crippen LogP contribution < -0.4 is 15.0 Å². The second kappa shape index (κ2) is 9.47. The molecule has 32 heavy (non-hydrogen) atoms. The lowest BCUT2D eigenvalue weighted by Gasteiger charge is -2.10. The molecule has 0 aliphatic carbocycles. The molecular formula is C26H24N2O4. The van der Waals surface area contributed by atoms with Crippen molar-refractivity contribution in [2.75, 3.05) is 18.5 Å². The van der Waals surface area contributed by atoms with E-state index in [9.17, 15) is 14.4 Å². The molecule has 0 unspecified atom stereocenters. The van der Waals surface area contributed by atoms with Gasteiger partial charge in [-0.2, -0.15) is 0 Å². The average Bonchev–Trinajstić information content (AvgIpc) is 3.11. The molecule has 3 aromatic carbocycles. The van der Waals surface area contributed by atoms with E-state index < -0.39 is 0 Å². The summed E-state index contributed by atoms with van der Waals surface area (Å²) < 4.78 is 5.73. The van der Waals surface area contributed by atoms with Gasteiger partial charge in [0, 0.05) is 36.8 Å². The third-order valence-electron chi connectivity index (χ3n) is 5.48. The largest absolute Gasteiger partial charge is 0.489 e. The van der Waals surface area contributed by atoms with Gasteiger partial charge >= 0.3 is 0 Å². The number of carbonyl (C=O) groups excluding carboxylic acids is 3. The number of ether oxygens (including phenoxy) is 1. The second-order valence-corrected chi connectivity index (χ2v) is 7.70. The summed E-state index contributed by atoms with van der Waals surface area (Å²) >= 11 is 0. The van der Waals surface area contributed by atoms with Crippen molar-refractivity contribution in [1.29, 1.82) is 0 Å². The minimum atomic E-state index is -0.242. The van der Waals surface area contributed by atoms with Crippen LogP contribution >= 0.6 is 0 Å². The molecule has 1 heterocycles. The first-order valence-electron chi connectivity index (χ1n) is 10.5. The SMILES string of the molecule is CN1C(=O)Cc2cc(C(=O)CCNC(=O)c3ccc(OCc4ccccc4)cc3)ccc21. The number of rotatable bonds is 8. The fourth-order valence-corrected chi connectivity index (χ4v) is 3.62. The molecular weight excluding hydrogens is 404 g/mol. The minimum Gasteiger partial charge on any atom is -0.489 e. The van der Waals surface area contributed by atoms with Gasteiger partial charge in [-0.3, -0.25) is 14.4 Å². The first kappa shape index (κ1) is 21.3. The Bertz CT molecular complexity index is 1140. The van der Waals surface area contributed by atoms with Crippen LogP contribution in [0.4, 0.5) is 5.69 Å². The summed E-state index contributed by atoms with van der Waals surface area (Å²) in [7, 11) is 1.73. The molecule has 3 aromatic rings. The average molecular weight is 428 g/mol. The van der Waals surface area contributed by atoms with Crippen molar-refractivity contribution in [1.82, 2.24) is 5.32 Å². The van der Waals surface area contributed by atoms with Gasteiger partial charge in [-0.05, 0) is 53.6 Å². The number of fused-ring (bicyclic) bond motifs is 1. The molecule has 0 spiro atoms. The lowest BCUT2D eigenvalue weighted by molar-refractivity contribution is -0.117. The van der Waals surface area contributed by atoms with E-state index in [2.05, 4.69) is 5.32 Å². The molecule has 162 valence electrons. The smallest absolute Gasteiger partial charge is 0.251 e. The van der Waals surface area contributed by atoms with Crippen molar-refractivity contribution in [3.8, 4) is 5.75 Å². The van der Waals surface area contributed by atoms with Crippen molar-refractivity contribution in [3.05, 3.63) is 95.1 Å². The zero-order valence-corrected chi connectivity index (χ0v) is 17.8. The lowest BCUT2D eigenvalue weighted by atomic mass is 10.0. The number of Topliss-reactive ketones (excluding diaryl/α,β-unsaturated/α-hetero) is 1. The molecule has 0 saturated heterocycles. The number of anilines is 1. The van der Waals surface area contributed by atoms with Crippen LogP contribution in [0.15, 0.2) is 72.8 Å². The van der Waals surface area contributed by atoms with Crippen LogP contribution in [0.2, 0.25) is 0 Å². The number of benzene rings is 3. The summed E-state index contributed by atoms with van der Waals surface area (Å²) in [5.41, 5.74) is 3.84. The fraction of sp³-hybridized carbons (Fsp3) is 0.192. The molecule has 6 heteroatoms. The highest BCUT2D eigenvalue weighted by molar-refractivity contribution is 6.03. The Morgan fingerprint density at radius 1 is 0.969 bits per heavy atom. The van der Waals surface area contributed by atoms with Gasteiger partial charge < -0.3 is 15.0 Å². The van der Waals surface area contributed by atoms with Gasteiger partial charge in [-0.1, -0.05) is 30.3 Å². The predicted molar refractivity (Wildman–Crippen MR) is 122 cm³/mol. The van der Waals surface area contributed by atoms with E-state index in [0.717, 1.165) is 16.8 Å². The van der Waals surface area contributed by atoms with E-state index in [1.54, 1.807) is 54.4 Å². The van der Waals surface area contributed by atoms with E-state index in [1.807, 2.05) is 30.3 Å². The number of nitrogens with one attached hydrogen (secondary N) is 1. The Morgan fingerprint density at radius 2 is 1.69 bits per heavy atom. The van der Waals surface area contributed by atoms with Gasteiger partial charge in [0.25, 0.3) is 5.91 Å². The third-order valence-corrected chi connectivity index (χ3v) is 5.48. The molecule has 0 fully saturated rings. The van der Waals surface area contributed by atoms with Crippen LogP contribution in [0, 0.1) is 0 Å². The molecule has 0 atom stereocenters. The fourth-order valence-electron chi connectivity index (χ4n) is 3.62. The molecule has 0 bridgehead atoms. The first-order valence-corrected chi connectivity index (χ1v) is 10.5. The predicted octanol–water partition coefficient (Wildman–Crippen LogP) is 3.79. The normalized spacial score (nSPS) is 12.4. The van der Waals surface area contributed by atoms with Crippen LogP contribution in [-0.2, 0) is 17.8 Å². The summed E-state index contributed by atoms with van der Waals surface area (Å²) in [6, 6.07) is 22.1. The van der Waals surface area contributed by atoms with E-state index >= 15 is 0 Å². The molecule has 0 aromatic heterocycles. The van der Waals surface area contributed by atoms with E-state index in [1.165, 1.54) is 0 Å². The zero-order valence-electron chi connectivity index (χ0n) is 17.8. The van der Waals surface area contributed by atoms with Crippen LogP contribution in [-0.4, -0.2) is 31.2 Å². The Labute approximate surface area is 186 Å². The van der Waals surface area contributed by atoms with Crippen molar-refractivity contribution in [2.24, 2.45) is 0 Å². The molecule has 6 nitrogen and oxygen atoms in total. The number of carbonyl (C=O) groups is 3. The number of nitrogens with zero attached hydrogens (tertiary/aromatic N) is 1. The van der Waals surface area contributed by atoms with Gasteiger partial charge in [0.1, 0.15) is 12.4 Å². The minimum absolute atomic E-state index is 0.0216. The van der Waals surface area contributed by atoms with Gasteiger partial charge in [0.2, 0.25) is 5.91 Å². The van der Waals surface area contributed by atoms with Gasteiger partial charge in [-0.25, -0.2) is 0 Å². The Balaban J connectivity index is 1.25. The molecule has 2 amide bonds. The third kappa shape index (κ3) is 4.86. The molecule has 4 rings (SSSR count). The lowest BCUT2D eigenvalue weighted by Crippen LogP contribution is -2.26. The topological polar surface area (TPSA) is 75.7 Å². The number of hydrogen-bond donors (Lipinski definition) is 1. The quantitative estimate of drug-likeness (QED) is 0.554. The number of likely N-dealkylation sites (N-methyl/N-ethyl adjacent to an activating group) is 1. The van der Waals surface area contributed by atoms with Crippen molar-refractivity contribution < 1.29 is 19.1 Å². The Morgan fingerprint density at radius 3 is 2.44 bits per heavy atom. The monoisotopic (exact) mass is 428 g/mol. The van der Waals surface area contributed by atoms with Crippen LogP contribution in [0.3, 0.4) is 0 Å². The molecule has 1 aliphatic rings. The Kier molecular flexibility index (Phi) is 6.31. The molecule has 0 radical (unpaired) electrons. The van der Waals surface area contributed by atoms with Crippen LogP contribution in [0.1, 0.15) is 38.3 Å². The van der Waals surface area contributed by atoms with E-state index in [-0.39, 0.29) is 30.6 Å². The van der Waals surface area contributed by atoms with E-state index in [4.69, 9.17) is 4.74 Å². The van der Waals surface area contributed by atoms with Crippen molar-refractivity contribution in [3.63, 3.8) is 0 Å². The van der Waals surface area contributed by atoms with Crippen molar-refractivity contribution in [2.45, 2.75) is 19.4 Å². The molecule has 0 saturated carbocycles. The second-order valence-electron chi connectivity index (χ2n) is 7.70. The highest BCUT2D eigenvalue weighted by atomic mass is 16.5.